The molecule has 17 heavy (non-hydrogen) atoms. The molecule has 0 amide bonds. The van der Waals surface area contributed by atoms with E-state index >= 15 is 0 Å². The molecule has 1 rings (SSSR count). The van der Waals surface area contributed by atoms with Gasteiger partial charge in [-0.2, -0.15) is 0 Å². The van der Waals surface area contributed by atoms with E-state index in [-0.39, 0.29) is 5.41 Å². The molecule has 0 aliphatic rings. The van der Waals surface area contributed by atoms with Gasteiger partial charge in [-0.25, -0.2) is 0 Å². The molecule has 0 spiro atoms. The van der Waals surface area contributed by atoms with E-state index in [4.69, 9.17) is 0 Å². The third kappa shape index (κ3) is 6.17. The molecule has 0 saturated carbocycles. The zero-order chi connectivity index (χ0) is 13.1. The van der Waals surface area contributed by atoms with E-state index in [1.54, 1.807) is 0 Å². The van der Waals surface area contributed by atoms with Gasteiger partial charge in [0.2, 0.25) is 0 Å². The highest BCUT2D eigenvalue weighted by Gasteiger charge is 2.10. The van der Waals surface area contributed by atoms with Gasteiger partial charge < -0.3 is 0 Å². The summed E-state index contributed by atoms with van der Waals surface area (Å²) in [6.07, 6.45) is 1.11. The average Bonchev–Trinajstić information content (AvgIpc) is 2.13. The van der Waals surface area contributed by atoms with E-state index in [0.29, 0.717) is 5.41 Å². The van der Waals surface area contributed by atoms with Crippen LogP contribution in [-0.2, 0) is 6.42 Å². The van der Waals surface area contributed by atoms with Gasteiger partial charge in [0.05, 0.1) is 0 Å². The minimum atomic E-state index is 0.0735. The first-order valence-corrected chi connectivity index (χ1v) is 6.28. The molecule has 1 aromatic carbocycles. The summed E-state index contributed by atoms with van der Waals surface area (Å²) in [5.41, 5.74) is 2.92. The first-order chi connectivity index (χ1) is 7.66. The van der Waals surface area contributed by atoms with Crippen LogP contribution in [0.25, 0.3) is 0 Å². The van der Waals surface area contributed by atoms with Crippen LogP contribution < -0.4 is 0 Å². The molecule has 0 fully saturated rings. The van der Waals surface area contributed by atoms with Gasteiger partial charge in [0.25, 0.3) is 0 Å². The van der Waals surface area contributed by atoms with Gasteiger partial charge in [-0.15, -0.1) is 0 Å². The van der Waals surface area contributed by atoms with E-state index in [1.165, 1.54) is 5.56 Å². The molecule has 0 aromatic heterocycles. The fraction of sp³-hybridized carbons (Fsp3) is 0.529. The third-order valence-corrected chi connectivity index (χ3v) is 2.27. The summed E-state index contributed by atoms with van der Waals surface area (Å²) >= 11 is 0. The summed E-state index contributed by atoms with van der Waals surface area (Å²) in [4.78, 5) is 0. The van der Waals surface area contributed by atoms with Crippen LogP contribution in [0.1, 0.15) is 52.7 Å². The van der Waals surface area contributed by atoms with Gasteiger partial charge in [-0.1, -0.05) is 44.7 Å². The monoisotopic (exact) mass is 228 g/mol. The lowest BCUT2D eigenvalue weighted by Gasteiger charge is -2.17. The zero-order valence-corrected chi connectivity index (χ0v) is 12.0. The van der Waals surface area contributed by atoms with E-state index in [2.05, 4.69) is 77.6 Å². The van der Waals surface area contributed by atoms with Gasteiger partial charge in [0, 0.05) is 11.0 Å². The molecular weight excluding hydrogens is 204 g/mol. The van der Waals surface area contributed by atoms with Crippen LogP contribution in [0.3, 0.4) is 0 Å². The van der Waals surface area contributed by atoms with Crippen LogP contribution in [0.15, 0.2) is 24.3 Å². The average molecular weight is 228 g/mol. The van der Waals surface area contributed by atoms with Gasteiger partial charge >= 0.3 is 0 Å². The van der Waals surface area contributed by atoms with Gasteiger partial charge in [-0.05, 0) is 50.3 Å². The van der Waals surface area contributed by atoms with Crippen molar-refractivity contribution in [3.63, 3.8) is 0 Å². The maximum atomic E-state index is 3.26. The molecule has 0 N–H and O–H groups in total. The lowest BCUT2D eigenvalue weighted by atomic mass is 9.88. The van der Waals surface area contributed by atoms with Crippen molar-refractivity contribution >= 4 is 0 Å². The Hall–Kier alpha value is -1.22. The van der Waals surface area contributed by atoms with Crippen LogP contribution >= 0.6 is 0 Å². The zero-order valence-electron chi connectivity index (χ0n) is 12.0. The topological polar surface area (TPSA) is 0 Å². The maximum absolute atomic E-state index is 3.26. The van der Waals surface area contributed by atoms with E-state index in [0.717, 1.165) is 12.0 Å². The van der Waals surface area contributed by atoms with Gasteiger partial charge in [-0.3, -0.25) is 0 Å². The second-order valence-electron chi connectivity index (χ2n) is 6.93. The normalized spacial score (nSPS) is 11.9. The van der Waals surface area contributed by atoms with Gasteiger partial charge in [0.15, 0.2) is 0 Å². The fourth-order valence-electron chi connectivity index (χ4n) is 1.58. The van der Waals surface area contributed by atoms with Crippen molar-refractivity contribution in [1.82, 2.24) is 0 Å². The summed E-state index contributed by atoms with van der Waals surface area (Å²) in [5.74, 6) is 6.48. The molecule has 0 bridgehead atoms. The number of hydrogen-bond acceptors (Lipinski definition) is 0. The lowest BCUT2D eigenvalue weighted by Crippen LogP contribution is -2.08. The first-order valence-electron chi connectivity index (χ1n) is 6.28. The van der Waals surface area contributed by atoms with Crippen LogP contribution in [0.4, 0.5) is 0 Å². The van der Waals surface area contributed by atoms with E-state index in [1.807, 2.05) is 0 Å². The number of benzene rings is 1. The molecule has 0 unspecified atom stereocenters. The molecule has 0 atom stereocenters. The predicted molar refractivity (Wildman–Crippen MR) is 75.9 cm³/mol. The molecular formula is C17H24. The van der Waals surface area contributed by atoms with Crippen LogP contribution in [0, 0.1) is 22.7 Å². The van der Waals surface area contributed by atoms with Crippen molar-refractivity contribution in [3.8, 4) is 11.8 Å². The van der Waals surface area contributed by atoms with Crippen LogP contribution in [0.5, 0.6) is 0 Å². The smallest absolute Gasteiger partial charge is 0.0245 e. The second-order valence-corrected chi connectivity index (χ2v) is 6.93. The molecule has 0 aliphatic heterocycles. The molecule has 0 nitrogen and oxygen atoms in total. The highest BCUT2D eigenvalue weighted by Crippen LogP contribution is 2.20. The van der Waals surface area contributed by atoms with Crippen LogP contribution in [0.2, 0.25) is 0 Å². The molecule has 0 radical (unpaired) electrons. The maximum Gasteiger partial charge on any atom is 0.0245 e. The Labute approximate surface area is 106 Å². The molecule has 1 aromatic rings. The molecule has 0 aliphatic carbocycles. The van der Waals surface area contributed by atoms with Crippen molar-refractivity contribution < 1.29 is 0 Å². The summed E-state index contributed by atoms with van der Waals surface area (Å²) in [6.45, 7) is 13.2. The standard InChI is InChI=1S/C17H24/c1-16(2,3)12-11-14-7-9-15(10-8-14)13-17(4,5)6/h7-10H,13H2,1-6H3. The Morgan fingerprint density at radius 2 is 1.41 bits per heavy atom. The Kier molecular flexibility index (Phi) is 4.04. The van der Waals surface area contributed by atoms with Crippen LogP contribution in [-0.4, -0.2) is 0 Å². The summed E-state index contributed by atoms with van der Waals surface area (Å²) in [6, 6.07) is 8.63. The lowest BCUT2D eigenvalue weighted by molar-refractivity contribution is 0.411. The molecule has 0 saturated heterocycles. The highest BCUT2D eigenvalue weighted by atomic mass is 14.2. The summed E-state index contributed by atoms with van der Waals surface area (Å²) in [5, 5.41) is 0. The highest BCUT2D eigenvalue weighted by molar-refractivity contribution is 5.37. The van der Waals surface area contributed by atoms with Crippen molar-refractivity contribution in [2.75, 3.05) is 0 Å². The first kappa shape index (κ1) is 13.8. The van der Waals surface area contributed by atoms with Crippen molar-refractivity contribution in [2.24, 2.45) is 10.8 Å². The Morgan fingerprint density at radius 1 is 0.882 bits per heavy atom. The summed E-state index contributed by atoms with van der Waals surface area (Å²) in [7, 11) is 0. The van der Waals surface area contributed by atoms with Gasteiger partial charge in [0.1, 0.15) is 0 Å². The Morgan fingerprint density at radius 3 is 1.82 bits per heavy atom. The fourth-order valence-corrected chi connectivity index (χ4v) is 1.58. The largest absolute Gasteiger partial charge is 0.0920 e. The minimum absolute atomic E-state index is 0.0735. The van der Waals surface area contributed by atoms with Crippen molar-refractivity contribution in [1.29, 1.82) is 0 Å². The Balaban J connectivity index is 2.78. The third-order valence-electron chi connectivity index (χ3n) is 2.27. The molecule has 0 heteroatoms. The molecule has 92 valence electrons. The predicted octanol–water partition coefficient (Wildman–Crippen LogP) is 4.67. The molecule has 0 heterocycles. The number of hydrogen-bond donors (Lipinski definition) is 0. The Bertz CT molecular complexity index is 410. The SMILES string of the molecule is CC(C)(C)C#Cc1ccc(CC(C)(C)C)cc1. The van der Waals surface area contributed by atoms with Crippen molar-refractivity contribution in [2.45, 2.75) is 48.0 Å². The van der Waals surface area contributed by atoms with E-state index < -0.39 is 0 Å². The minimum Gasteiger partial charge on any atom is -0.0920 e. The van der Waals surface area contributed by atoms with Crippen molar-refractivity contribution in [3.05, 3.63) is 35.4 Å². The quantitative estimate of drug-likeness (QED) is 0.613. The number of rotatable bonds is 1. The van der Waals surface area contributed by atoms with E-state index in [9.17, 15) is 0 Å². The second kappa shape index (κ2) is 4.96. The summed E-state index contributed by atoms with van der Waals surface area (Å²) < 4.78 is 0.